The lowest BCUT2D eigenvalue weighted by Crippen LogP contribution is -2.31. The molecule has 0 unspecified atom stereocenters. The Morgan fingerprint density at radius 1 is 1.23 bits per heavy atom. The van der Waals surface area contributed by atoms with Gasteiger partial charge in [-0.05, 0) is 60.8 Å². The minimum Gasteiger partial charge on any atom is -0.507 e. The summed E-state index contributed by atoms with van der Waals surface area (Å²) in [6, 6.07) is 13.5. The number of nitrogens with zero attached hydrogens (tertiary/aromatic N) is 8. The highest BCUT2D eigenvalue weighted by molar-refractivity contribution is 5.94. The summed E-state index contributed by atoms with van der Waals surface area (Å²) in [6.45, 7) is 6.84. The molecule has 4 N–H and O–H groups in total. The van der Waals surface area contributed by atoms with E-state index in [1.165, 1.54) is 16.5 Å². The van der Waals surface area contributed by atoms with Crippen molar-refractivity contribution in [2.24, 2.45) is 5.10 Å². The van der Waals surface area contributed by atoms with Crippen molar-refractivity contribution in [2.75, 3.05) is 35.2 Å². The number of amides is 1. The van der Waals surface area contributed by atoms with E-state index in [2.05, 4.69) is 53.1 Å². The summed E-state index contributed by atoms with van der Waals surface area (Å²) in [5.74, 6) is -0.355. The second kappa shape index (κ2) is 11.2. The van der Waals surface area contributed by atoms with Crippen molar-refractivity contribution in [3.8, 4) is 11.6 Å². The quantitative estimate of drug-likeness (QED) is 0.216. The van der Waals surface area contributed by atoms with Crippen molar-refractivity contribution < 1.29 is 14.5 Å². The predicted octanol–water partition coefficient (Wildman–Crippen LogP) is 2.50. The summed E-state index contributed by atoms with van der Waals surface area (Å²) in [5.41, 5.74) is 12.6. The van der Waals surface area contributed by atoms with Crippen LogP contribution in [0.3, 0.4) is 0 Å². The third-order valence-corrected chi connectivity index (χ3v) is 6.73. The highest BCUT2D eigenvalue weighted by Crippen LogP contribution is 2.29. The number of nitrogens with two attached hydrogens (primary N) is 1. The average molecular weight is 531 g/mol. The summed E-state index contributed by atoms with van der Waals surface area (Å²) in [7, 11) is 0. The molecule has 13 heteroatoms. The fourth-order valence-corrected chi connectivity index (χ4v) is 4.72. The zero-order valence-electron chi connectivity index (χ0n) is 21.8. The van der Waals surface area contributed by atoms with Crippen LogP contribution in [0.15, 0.2) is 52.2 Å². The van der Waals surface area contributed by atoms with Gasteiger partial charge in [0.2, 0.25) is 11.6 Å². The van der Waals surface area contributed by atoms with E-state index in [0.717, 1.165) is 43.9 Å². The van der Waals surface area contributed by atoms with Crippen LogP contribution in [0.4, 0.5) is 17.2 Å². The van der Waals surface area contributed by atoms with E-state index in [1.54, 1.807) is 12.1 Å². The standard InChI is InChI=1S/C26H30N10O3/c1-3-34(4-2)19-12-11-18(22(37)14-19)15-28-30-26(38)23-21(36(33-29-23)25-24(27)31-39-32-25)16-35-13-7-9-17-8-5-6-10-20(17)35/h5-6,8,10-12,14-15,37H,3-4,7,9,13,16H2,1-2H3,(H2,27,31)(H,30,38)/b28-15-. The second-order valence-corrected chi connectivity index (χ2v) is 9.04. The number of para-hydroxylation sites is 1. The molecule has 0 bridgehead atoms. The smallest absolute Gasteiger partial charge is 0.293 e. The van der Waals surface area contributed by atoms with Crippen molar-refractivity contribution in [3.63, 3.8) is 0 Å². The highest BCUT2D eigenvalue weighted by Gasteiger charge is 2.27. The summed E-state index contributed by atoms with van der Waals surface area (Å²) >= 11 is 0. The first kappa shape index (κ1) is 25.7. The van der Waals surface area contributed by atoms with Crippen molar-refractivity contribution in [1.82, 2.24) is 30.7 Å². The second-order valence-electron chi connectivity index (χ2n) is 9.04. The molecule has 0 saturated carbocycles. The number of hydrogen-bond donors (Lipinski definition) is 3. The van der Waals surface area contributed by atoms with Gasteiger partial charge in [0.05, 0.1) is 18.5 Å². The number of phenols is 1. The van der Waals surface area contributed by atoms with Crippen LogP contribution >= 0.6 is 0 Å². The number of aromatic hydroxyl groups is 1. The molecule has 5 rings (SSSR count). The fraction of sp³-hybridized carbons (Fsp3) is 0.308. The van der Waals surface area contributed by atoms with Gasteiger partial charge >= 0.3 is 0 Å². The van der Waals surface area contributed by atoms with Crippen molar-refractivity contribution in [2.45, 2.75) is 33.2 Å². The largest absolute Gasteiger partial charge is 0.507 e. The molecule has 39 heavy (non-hydrogen) atoms. The Labute approximate surface area is 224 Å². The first-order valence-electron chi connectivity index (χ1n) is 12.8. The number of phenolic OH excluding ortho intramolecular Hbond substituents is 1. The van der Waals surface area contributed by atoms with Gasteiger partial charge in [0.15, 0.2) is 5.69 Å². The van der Waals surface area contributed by atoms with Gasteiger partial charge in [-0.25, -0.2) is 10.1 Å². The van der Waals surface area contributed by atoms with Crippen LogP contribution < -0.4 is 21.0 Å². The molecule has 0 aliphatic carbocycles. The Morgan fingerprint density at radius 2 is 2.05 bits per heavy atom. The Balaban J connectivity index is 1.40. The van der Waals surface area contributed by atoms with Crippen molar-refractivity contribution in [3.05, 3.63) is 65.0 Å². The number of benzene rings is 2. The minimum absolute atomic E-state index is 0.0220. The van der Waals surface area contributed by atoms with E-state index in [1.807, 2.05) is 32.0 Å². The van der Waals surface area contributed by atoms with Gasteiger partial charge < -0.3 is 20.6 Å². The van der Waals surface area contributed by atoms with Gasteiger partial charge in [0.1, 0.15) is 5.75 Å². The van der Waals surface area contributed by atoms with Crippen LogP contribution in [0.1, 0.15) is 47.6 Å². The molecule has 1 aliphatic rings. The van der Waals surface area contributed by atoms with E-state index in [4.69, 9.17) is 10.4 Å². The summed E-state index contributed by atoms with van der Waals surface area (Å²) in [5, 5.41) is 30.2. The van der Waals surface area contributed by atoms with Gasteiger partial charge in [-0.2, -0.15) is 9.78 Å². The molecule has 2 aromatic heterocycles. The van der Waals surface area contributed by atoms with Gasteiger partial charge in [-0.3, -0.25) is 4.79 Å². The number of nitrogen functional groups attached to an aromatic ring is 1. The summed E-state index contributed by atoms with van der Waals surface area (Å²) < 4.78 is 6.12. The molecule has 1 aliphatic heterocycles. The van der Waals surface area contributed by atoms with Crippen LogP contribution in [0, 0.1) is 0 Å². The van der Waals surface area contributed by atoms with E-state index in [9.17, 15) is 9.90 Å². The Bertz CT molecular complexity index is 1490. The molecule has 13 nitrogen and oxygen atoms in total. The number of carbonyl (C=O) groups is 1. The molecule has 2 aromatic carbocycles. The lowest BCUT2D eigenvalue weighted by atomic mass is 10.0. The number of hydrogen-bond acceptors (Lipinski definition) is 11. The number of hydrazone groups is 1. The number of anilines is 3. The van der Waals surface area contributed by atoms with E-state index >= 15 is 0 Å². The van der Waals surface area contributed by atoms with Crippen LogP contribution in [-0.2, 0) is 13.0 Å². The lowest BCUT2D eigenvalue weighted by molar-refractivity contribution is 0.0949. The molecule has 1 amide bonds. The molecule has 0 atom stereocenters. The zero-order valence-corrected chi connectivity index (χ0v) is 21.8. The lowest BCUT2D eigenvalue weighted by Gasteiger charge is -2.31. The Kier molecular flexibility index (Phi) is 7.39. The number of nitrogens with one attached hydrogen (secondary N) is 1. The first-order chi connectivity index (χ1) is 19.0. The number of aryl methyl sites for hydroxylation is 1. The minimum atomic E-state index is -0.577. The van der Waals surface area contributed by atoms with Crippen LogP contribution in [0.2, 0.25) is 0 Å². The molecule has 0 spiro atoms. The number of rotatable bonds is 9. The van der Waals surface area contributed by atoms with Crippen molar-refractivity contribution >= 4 is 29.3 Å². The first-order valence-corrected chi connectivity index (χ1v) is 12.8. The Hall–Kier alpha value is -4.94. The van der Waals surface area contributed by atoms with Crippen molar-refractivity contribution in [1.29, 1.82) is 0 Å². The summed E-state index contributed by atoms with van der Waals surface area (Å²) in [4.78, 5) is 17.5. The maximum absolute atomic E-state index is 13.2. The predicted molar refractivity (Wildman–Crippen MR) is 146 cm³/mol. The molecule has 202 valence electrons. The molecular weight excluding hydrogens is 500 g/mol. The molecular formula is C26H30N10O3. The third kappa shape index (κ3) is 5.23. The maximum Gasteiger partial charge on any atom is 0.293 e. The van der Waals surface area contributed by atoms with Crippen LogP contribution in [0.25, 0.3) is 5.82 Å². The zero-order chi connectivity index (χ0) is 27.4. The monoisotopic (exact) mass is 530 g/mol. The maximum atomic E-state index is 13.2. The van der Waals surface area contributed by atoms with Gasteiger partial charge in [0.25, 0.3) is 5.91 Å². The number of carbonyl (C=O) groups excluding carboxylic acids is 1. The van der Waals surface area contributed by atoms with Gasteiger partial charge in [0, 0.05) is 42.6 Å². The van der Waals surface area contributed by atoms with E-state index in [0.29, 0.717) is 17.8 Å². The summed E-state index contributed by atoms with van der Waals surface area (Å²) in [6.07, 6.45) is 3.33. The normalized spacial score (nSPS) is 13.0. The average Bonchev–Trinajstić information content (AvgIpc) is 3.56. The van der Waals surface area contributed by atoms with E-state index < -0.39 is 5.91 Å². The van der Waals surface area contributed by atoms with Gasteiger partial charge in [-0.15, -0.1) is 5.10 Å². The van der Waals surface area contributed by atoms with E-state index in [-0.39, 0.29) is 23.1 Å². The number of aromatic nitrogens is 5. The fourth-order valence-electron chi connectivity index (χ4n) is 4.72. The SMILES string of the molecule is CCN(CC)c1ccc(/C=N\NC(=O)c2nnn(-c3nonc3N)c2CN2CCCc3ccccc32)c(O)c1. The molecule has 4 aromatic rings. The third-order valence-electron chi connectivity index (χ3n) is 6.73. The number of fused-ring (bicyclic) bond motifs is 1. The highest BCUT2D eigenvalue weighted by atomic mass is 16.6. The molecule has 3 heterocycles. The molecule has 0 fully saturated rings. The van der Waals surface area contributed by atoms with Crippen LogP contribution in [-0.4, -0.2) is 62.2 Å². The van der Waals surface area contributed by atoms with Crippen LogP contribution in [0.5, 0.6) is 5.75 Å². The molecule has 0 saturated heterocycles. The topological polar surface area (TPSA) is 164 Å². The molecule has 0 radical (unpaired) electrons. The van der Waals surface area contributed by atoms with Gasteiger partial charge in [-0.1, -0.05) is 23.4 Å². The Morgan fingerprint density at radius 3 is 2.79 bits per heavy atom.